The first-order valence-electron chi connectivity index (χ1n) is 4.40. The summed E-state index contributed by atoms with van der Waals surface area (Å²) in [5, 5.41) is 0. The van der Waals surface area contributed by atoms with E-state index in [9.17, 15) is 13.6 Å². The van der Waals surface area contributed by atoms with Crippen molar-refractivity contribution in [1.29, 1.82) is 0 Å². The zero-order chi connectivity index (χ0) is 11.4. The maximum atomic E-state index is 13.1. The summed E-state index contributed by atoms with van der Waals surface area (Å²) in [4.78, 5) is 11.2. The third-order valence-corrected chi connectivity index (χ3v) is 1.80. The van der Waals surface area contributed by atoms with E-state index in [4.69, 9.17) is 5.73 Å². The first-order valence-corrected chi connectivity index (χ1v) is 4.40. The van der Waals surface area contributed by atoms with Crippen molar-refractivity contribution >= 4 is 5.78 Å². The van der Waals surface area contributed by atoms with Crippen LogP contribution in [0.2, 0.25) is 0 Å². The Balaban J connectivity index is 2.90. The van der Waals surface area contributed by atoms with Gasteiger partial charge in [-0.05, 0) is 25.1 Å². The van der Waals surface area contributed by atoms with Gasteiger partial charge in [-0.25, -0.2) is 8.78 Å². The third kappa shape index (κ3) is 3.16. The predicted octanol–water partition coefficient (Wildman–Crippen LogP) is 1.94. The fraction of sp³-hybridized carbons (Fsp3) is 0.182. The fourth-order valence-corrected chi connectivity index (χ4v) is 1.18. The van der Waals surface area contributed by atoms with Crippen molar-refractivity contribution in [1.82, 2.24) is 0 Å². The van der Waals surface area contributed by atoms with Gasteiger partial charge >= 0.3 is 0 Å². The molecule has 0 saturated carbocycles. The number of ketones is 1. The Morgan fingerprint density at radius 3 is 2.40 bits per heavy atom. The smallest absolute Gasteiger partial charge is 0.161 e. The summed E-state index contributed by atoms with van der Waals surface area (Å²) in [6, 6.07) is 3.48. The zero-order valence-electron chi connectivity index (χ0n) is 8.26. The summed E-state index contributed by atoms with van der Waals surface area (Å²) in [6.07, 6.45) is 0.846. The number of allylic oxidation sites excluding steroid dienone is 2. The van der Waals surface area contributed by atoms with Crippen molar-refractivity contribution in [3.05, 3.63) is 47.2 Å². The molecule has 0 aliphatic carbocycles. The molecule has 0 bridgehead atoms. The average molecular weight is 211 g/mol. The number of nitrogens with two attached hydrogens (primary N) is 1. The molecule has 0 unspecified atom stereocenters. The van der Waals surface area contributed by atoms with Crippen molar-refractivity contribution in [3.8, 4) is 0 Å². The van der Waals surface area contributed by atoms with Gasteiger partial charge in [-0.2, -0.15) is 0 Å². The summed E-state index contributed by atoms with van der Waals surface area (Å²) < 4.78 is 26.2. The van der Waals surface area contributed by atoms with E-state index in [-0.39, 0.29) is 12.0 Å². The average Bonchev–Trinajstić information content (AvgIpc) is 2.10. The lowest BCUT2D eigenvalue weighted by atomic mass is 10.1. The van der Waals surface area contributed by atoms with E-state index in [2.05, 4.69) is 0 Å². The Kier molecular flexibility index (Phi) is 3.55. The summed E-state index contributed by atoms with van der Waals surface area (Å²) in [5.74, 6) is -1.85. The van der Waals surface area contributed by atoms with Crippen molar-refractivity contribution in [2.24, 2.45) is 5.73 Å². The van der Waals surface area contributed by atoms with Crippen LogP contribution in [-0.2, 0) is 11.2 Å². The highest BCUT2D eigenvalue weighted by molar-refractivity contribution is 5.91. The quantitative estimate of drug-likeness (QED) is 0.776. The van der Waals surface area contributed by atoms with Crippen LogP contribution in [0.4, 0.5) is 8.78 Å². The van der Waals surface area contributed by atoms with Crippen LogP contribution in [0.3, 0.4) is 0 Å². The highest BCUT2D eigenvalue weighted by Crippen LogP contribution is 2.13. The fourth-order valence-electron chi connectivity index (χ4n) is 1.18. The van der Waals surface area contributed by atoms with E-state index < -0.39 is 17.4 Å². The first-order chi connectivity index (χ1) is 7.00. The number of hydrogen-bond donors (Lipinski definition) is 1. The second kappa shape index (κ2) is 4.68. The van der Waals surface area contributed by atoms with Crippen LogP contribution in [0.15, 0.2) is 30.0 Å². The minimum atomic E-state index is -0.716. The van der Waals surface area contributed by atoms with Gasteiger partial charge in [-0.1, -0.05) is 6.07 Å². The van der Waals surface area contributed by atoms with Gasteiger partial charge in [-0.15, -0.1) is 0 Å². The van der Waals surface area contributed by atoms with Crippen molar-refractivity contribution in [3.63, 3.8) is 0 Å². The van der Waals surface area contributed by atoms with Crippen LogP contribution in [0, 0.1) is 11.6 Å². The number of benzene rings is 1. The van der Waals surface area contributed by atoms with E-state index >= 15 is 0 Å². The Hall–Kier alpha value is -1.71. The molecule has 0 fully saturated rings. The lowest BCUT2D eigenvalue weighted by molar-refractivity contribution is -0.114. The molecule has 15 heavy (non-hydrogen) atoms. The number of rotatable bonds is 3. The summed E-state index contributed by atoms with van der Waals surface area (Å²) >= 11 is 0. The number of carbonyl (C=O) groups is 1. The Morgan fingerprint density at radius 1 is 1.40 bits per heavy atom. The highest BCUT2D eigenvalue weighted by Gasteiger charge is 2.11. The van der Waals surface area contributed by atoms with E-state index in [1.165, 1.54) is 13.0 Å². The minimum absolute atomic E-state index is 0.222. The van der Waals surface area contributed by atoms with Gasteiger partial charge < -0.3 is 5.73 Å². The Morgan fingerprint density at radius 2 is 1.93 bits per heavy atom. The van der Waals surface area contributed by atoms with Crippen LogP contribution in [0.1, 0.15) is 12.5 Å². The normalized spacial score (nSPS) is 11.5. The Bertz CT molecular complexity index is 389. The summed E-state index contributed by atoms with van der Waals surface area (Å²) in [7, 11) is 0. The molecule has 4 heteroatoms. The largest absolute Gasteiger partial charge is 0.402 e. The molecule has 0 spiro atoms. The molecule has 0 aromatic heterocycles. The lowest BCUT2D eigenvalue weighted by Gasteiger charge is -2.01. The van der Waals surface area contributed by atoms with Crippen molar-refractivity contribution in [2.75, 3.05) is 0 Å². The minimum Gasteiger partial charge on any atom is -0.402 e. The summed E-state index contributed by atoms with van der Waals surface area (Å²) in [5.41, 5.74) is 5.37. The van der Waals surface area contributed by atoms with Crippen molar-refractivity contribution in [2.45, 2.75) is 13.3 Å². The SMILES string of the molecule is C/C(N)=C/C(=O)Cc1c(F)cccc1F. The molecular formula is C11H11F2NO. The molecule has 0 radical (unpaired) electrons. The number of carbonyl (C=O) groups excluding carboxylic acids is 1. The topological polar surface area (TPSA) is 43.1 Å². The number of hydrogen-bond acceptors (Lipinski definition) is 2. The van der Waals surface area contributed by atoms with Crippen LogP contribution in [0.5, 0.6) is 0 Å². The third-order valence-electron chi connectivity index (χ3n) is 1.80. The van der Waals surface area contributed by atoms with Crippen LogP contribution < -0.4 is 5.73 Å². The van der Waals surface area contributed by atoms with Crippen molar-refractivity contribution < 1.29 is 13.6 Å². The van der Waals surface area contributed by atoms with Crippen LogP contribution in [-0.4, -0.2) is 5.78 Å². The molecule has 0 saturated heterocycles. The highest BCUT2D eigenvalue weighted by atomic mass is 19.1. The van der Waals surface area contributed by atoms with Gasteiger partial charge in [0.15, 0.2) is 5.78 Å². The molecule has 0 aliphatic heterocycles. The molecule has 80 valence electrons. The maximum absolute atomic E-state index is 13.1. The molecule has 0 atom stereocenters. The van der Waals surface area contributed by atoms with E-state index in [0.29, 0.717) is 5.70 Å². The monoisotopic (exact) mass is 211 g/mol. The van der Waals surface area contributed by atoms with E-state index in [1.807, 2.05) is 0 Å². The Labute approximate surface area is 86.4 Å². The molecule has 2 nitrogen and oxygen atoms in total. The van der Waals surface area contributed by atoms with E-state index in [0.717, 1.165) is 18.2 Å². The molecule has 1 rings (SSSR count). The predicted molar refractivity (Wildman–Crippen MR) is 53.0 cm³/mol. The molecular weight excluding hydrogens is 200 g/mol. The van der Waals surface area contributed by atoms with Gasteiger partial charge in [0.1, 0.15) is 11.6 Å². The van der Waals surface area contributed by atoms with Gasteiger partial charge in [0.2, 0.25) is 0 Å². The van der Waals surface area contributed by atoms with E-state index in [1.54, 1.807) is 0 Å². The lowest BCUT2D eigenvalue weighted by Crippen LogP contribution is -2.06. The second-order valence-corrected chi connectivity index (χ2v) is 3.23. The molecule has 0 amide bonds. The van der Waals surface area contributed by atoms with Gasteiger partial charge in [0.25, 0.3) is 0 Å². The molecule has 0 heterocycles. The zero-order valence-corrected chi connectivity index (χ0v) is 8.26. The first kappa shape index (κ1) is 11.4. The van der Waals surface area contributed by atoms with Gasteiger partial charge in [-0.3, -0.25) is 4.79 Å². The molecule has 0 aliphatic rings. The van der Waals surface area contributed by atoms with Crippen LogP contribution >= 0.6 is 0 Å². The van der Waals surface area contributed by atoms with Gasteiger partial charge in [0.05, 0.1) is 0 Å². The van der Waals surface area contributed by atoms with Gasteiger partial charge in [0, 0.05) is 17.7 Å². The summed E-state index contributed by atoms with van der Waals surface area (Å²) in [6.45, 7) is 1.54. The van der Waals surface area contributed by atoms with Crippen LogP contribution in [0.25, 0.3) is 0 Å². The second-order valence-electron chi connectivity index (χ2n) is 3.23. The molecule has 2 N–H and O–H groups in total. The molecule has 1 aromatic rings. The standard InChI is InChI=1S/C11H11F2NO/c1-7(14)5-8(15)6-9-10(12)3-2-4-11(9)13/h2-5H,6,14H2,1H3/b7-5-. The number of halogens is 2. The maximum Gasteiger partial charge on any atom is 0.161 e. The molecule has 1 aromatic carbocycles.